The third kappa shape index (κ3) is 3.30. The van der Waals surface area contributed by atoms with E-state index < -0.39 is 0 Å². The van der Waals surface area contributed by atoms with Crippen LogP contribution >= 0.6 is 11.6 Å². The minimum absolute atomic E-state index is 0.0233. The molecule has 6 nitrogen and oxygen atoms in total. The first-order valence-electron chi connectivity index (χ1n) is 10.6. The molecule has 1 atom stereocenters. The van der Waals surface area contributed by atoms with Crippen LogP contribution in [0.15, 0.2) is 42.6 Å². The van der Waals surface area contributed by atoms with Gasteiger partial charge >= 0.3 is 0 Å². The Hall–Kier alpha value is -2.83. The zero-order chi connectivity index (χ0) is 21.8. The second kappa shape index (κ2) is 7.39. The maximum absolute atomic E-state index is 6.71. The summed E-state index contributed by atoms with van der Waals surface area (Å²) in [6, 6.07) is 12.0. The van der Waals surface area contributed by atoms with Gasteiger partial charge in [0.1, 0.15) is 11.5 Å². The maximum atomic E-state index is 6.71. The molecule has 0 saturated carbocycles. The van der Waals surface area contributed by atoms with Gasteiger partial charge in [-0.05, 0) is 60.4 Å². The number of benzene rings is 2. The van der Waals surface area contributed by atoms with Crippen molar-refractivity contribution in [3.63, 3.8) is 0 Å². The van der Waals surface area contributed by atoms with Gasteiger partial charge in [0.15, 0.2) is 5.82 Å². The predicted molar refractivity (Wildman–Crippen MR) is 127 cm³/mol. The number of hydrogen-bond acceptors (Lipinski definition) is 6. The highest BCUT2D eigenvalue weighted by molar-refractivity contribution is 6.34. The van der Waals surface area contributed by atoms with Gasteiger partial charge in [-0.3, -0.25) is 0 Å². The van der Waals surface area contributed by atoms with Gasteiger partial charge in [-0.15, -0.1) is 0 Å². The Morgan fingerprint density at radius 3 is 2.65 bits per heavy atom. The van der Waals surface area contributed by atoms with Crippen LogP contribution in [0.1, 0.15) is 35.6 Å². The van der Waals surface area contributed by atoms with Gasteiger partial charge in [0.2, 0.25) is 0 Å². The molecule has 1 aromatic heterocycles. The summed E-state index contributed by atoms with van der Waals surface area (Å²) in [7, 11) is 0. The minimum atomic E-state index is 0.0233. The van der Waals surface area contributed by atoms with E-state index in [1.807, 2.05) is 37.3 Å². The molecule has 7 heteroatoms. The van der Waals surface area contributed by atoms with Crippen LogP contribution in [0, 0.1) is 12.3 Å². The third-order valence-electron chi connectivity index (χ3n) is 7.02. The van der Waals surface area contributed by atoms with E-state index in [4.69, 9.17) is 28.8 Å². The number of fused-ring (bicyclic) bond motifs is 1. The monoisotopic (exact) mass is 434 g/mol. The third-order valence-corrected chi connectivity index (χ3v) is 7.53. The maximum Gasteiger partial charge on any atom is 0.152 e. The minimum Gasteiger partial charge on any atom is -0.399 e. The predicted octanol–water partition coefficient (Wildman–Crippen LogP) is 4.11. The fraction of sp³-hybridized carbons (Fsp3) is 0.333. The molecule has 1 aliphatic carbocycles. The Balaban J connectivity index is 1.35. The Morgan fingerprint density at radius 2 is 1.90 bits per heavy atom. The summed E-state index contributed by atoms with van der Waals surface area (Å²) in [4.78, 5) is 11.5. The van der Waals surface area contributed by atoms with Gasteiger partial charge in [0.05, 0.1) is 11.2 Å². The molecule has 0 amide bonds. The molecule has 5 rings (SSSR count). The van der Waals surface area contributed by atoms with Gasteiger partial charge in [-0.25, -0.2) is 9.97 Å². The summed E-state index contributed by atoms with van der Waals surface area (Å²) in [5.41, 5.74) is 24.8. The van der Waals surface area contributed by atoms with Crippen molar-refractivity contribution in [3.8, 4) is 11.3 Å². The van der Waals surface area contributed by atoms with E-state index in [2.05, 4.69) is 20.9 Å². The molecule has 1 aliphatic heterocycles. The highest BCUT2D eigenvalue weighted by Crippen LogP contribution is 2.51. The van der Waals surface area contributed by atoms with E-state index in [9.17, 15) is 0 Å². The molecule has 2 heterocycles. The molecule has 2 aromatic carbocycles. The van der Waals surface area contributed by atoms with Crippen molar-refractivity contribution in [2.75, 3.05) is 29.5 Å². The van der Waals surface area contributed by atoms with Gasteiger partial charge in [-0.1, -0.05) is 35.9 Å². The Morgan fingerprint density at radius 1 is 1.13 bits per heavy atom. The van der Waals surface area contributed by atoms with Crippen molar-refractivity contribution in [1.82, 2.24) is 9.97 Å². The average molecular weight is 435 g/mol. The molecule has 6 N–H and O–H groups in total. The smallest absolute Gasteiger partial charge is 0.152 e. The molecule has 2 aliphatic rings. The van der Waals surface area contributed by atoms with Crippen molar-refractivity contribution >= 4 is 28.9 Å². The van der Waals surface area contributed by atoms with Crippen LogP contribution in [0.4, 0.5) is 17.3 Å². The number of hydrogen-bond donors (Lipinski definition) is 3. The normalized spacial score (nSPS) is 19.6. The van der Waals surface area contributed by atoms with Crippen LogP contribution in [0.2, 0.25) is 5.02 Å². The van der Waals surface area contributed by atoms with Crippen LogP contribution in [-0.4, -0.2) is 23.1 Å². The molecule has 1 fully saturated rings. The fourth-order valence-electron chi connectivity index (χ4n) is 5.14. The molecular weight excluding hydrogens is 408 g/mol. The van der Waals surface area contributed by atoms with Crippen LogP contribution in [-0.2, 0) is 6.42 Å². The summed E-state index contributed by atoms with van der Waals surface area (Å²) in [6.45, 7) is 3.71. The molecular formula is C24H27ClN6. The summed E-state index contributed by atoms with van der Waals surface area (Å²) < 4.78 is 0. The molecule has 31 heavy (non-hydrogen) atoms. The highest BCUT2D eigenvalue weighted by atomic mass is 35.5. The number of rotatable bonds is 2. The van der Waals surface area contributed by atoms with Gasteiger partial charge in [0.25, 0.3) is 0 Å². The van der Waals surface area contributed by atoms with Gasteiger partial charge < -0.3 is 22.1 Å². The zero-order valence-corrected chi connectivity index (χ0v) is 18.4. The van der Waals surface area contributed by atoms with E-state index in [-0.39, 0.29) is 11.5 Å². The lowest BCUT2D eigenvalue weighted by Gasteiger charge is -2.42. The van der Waals surface area contributed by atoms with Crippen LogP contribution < -0.4 is 22.1 Å². The molecule has 160 valence electrons. The first-order valence-corrected chi connectivity index (χ1v) is 11.0. The molecule has 1 spiro atoms. The topological polar surface area (TPSA) is 107 Å². The second-order valence-corrected chi connectivity index (χ2v) is 9.24. The first kappa shape index (κ1) is 20.1. The lowest BCUT2D eigenvalue weighted by Crippen LogP contribution is -2.44. The summed E-state index contributed by atoms with van der Waals surface area (Å²) in [6.07, 6.45) is 4.80. The summed E-state index contributed by atoms with van der Waals surface area (Å²) in [5, 5.41) is 0.659. The molecule has 0 unspecified atom stereocenters. The van der Waals surface area contributed by atoms with Crippen molar-refractivity contribution in [3.05, 3.63) is 64.3 Å². The van der Waals surface area contributed by atoms with E-state index in [0.29, 0.717) is 16.5 Å². The van der Waals surface area contributed by atoms with Crippen molar-refractivity contribution in [2.45, 2.75) is 32.2 Å². The Labute approximate surface area is 187 Å². The number of nitrogens with zero attached hydrogens (tertiary/aromatic N) is 3. The lowest BCUT2D eigenvalue weighted by atomic mass is 9.73. The summed E-state index contributed by atoms with van der Waals surface area (Å²) in [5.74, 6) is 1.19. The SMILES string of the molecule is Cc1cccc(-c2ncc(N3CCC4(CC3)Cc3ccc(N)cc3[C@H]4N)nc2N)c1Cl. The first-order chi connectivity index (χ1) is 14.9. The number of nitrogen functional groups attached to an aromatic ring is 2. The number of halogens is 1. The molecule has 0 bridgehead atoms. The number of anilines is 3. The number of piperidine rings is 1. The van der Waals surface area contributed by atoms with Gasteiger partial charge in [-0.2, -0.15) is 0 Å². The molecule has 1 saturated heterocycles. The van der Waals surface area contributed by atoms with Crippen LogP contribution in [0.5, 0.6) is 0 Å². The number of aryl methyl sites for hydroxylation is 1. The summed E-state index contributed by atoms with van der Waals surface area (Å²) >= 11 is 6.47. The van der Waals surface area contributed by atoms with Gasteiger partial charge in [0, 0.05) is 30.4 Å². The van der Waals surface area contributed by atoms with Crippen LogP contribution in [0.3, 0.4) is 0 Å². The van der Waals surface area contributed by atoms with Crippen molar-refractivity contribution in [2.24, 2.45) is 11.1 Å². The van der Waals surface area contributed by atoms with E-state index in [1.54, 1.807) is 6.20 Å². The number of nitrogens with two attached hydrogens (primary N) is 3. The quantitative estimate of drug-likeness (QED) is 0.524. The zero-order valence-electron chi connectivity index (χ0n) is 17.6. The second-order valence-electron chi connectivity index (χ2n) is 8.86. The standard InChI is InChI=1S/C24H27ClN6/c1-14-3-2-4-17(20(14)25)21-23(28)30-19(13-29-21)31-9-7-24(8-10-31)12-15-5-6-16(26)11-18(15)22(24)27/h2-6,11,13,22H,7-10,12,26-27H2,1H3,(H2,28,30)/t22-/m1/s1. The van der Waals surface area contributed by atoms with Crippen molar-refractivity contribution < 1.29 is 0 Å². The van der Waals surface area contributed by atoms with Crippen LogP contribution in [0.25, 0.3) is 11.3 Å². The average Bonchev–Trinajstić information content (AvgIpc) is 3.02. The fourth-order valence-corrected chi connectivity index (χ4v) is 5.35. The highest BCUT2D eigenvalue weighted by Gasteiger charge is 2.46. The van der Waals surface area contributed by atoms with Crippen molar-refractivity contribution in [1.29, 1.82) is 0 Å². The van der Waals surface area contributed by atoms with E-state index in [0.717, 1.165) is 55.0 Å². The Kier molecular flexibility index (Phi) is 4.79. The Bertz CT molecular complexity index is 1150. The molecule has 3 aromatic rings. The largest absolute Gasteiger partial charge is 0.399 e. The van der Waals surface area contributed by atoms with E-state index in [1.165, 1.54) is 11.1 Å². The lowest BCUT2D eigenvalue weighted by molar-refractivity contribution is 0.187. The number of aromatic nitrogens is 2. The van der Waals surface area contributed by atoms with E-state index >= 15 is 0 Å². The molecule has 0 radical (unpaired) electrons.